The lowest BCUT2D eigenvalue weighted by molar-refractivity contribution is -0.122. The summed E-state index contributed by atoms with van der Waals surface area (Å²) in [4.78, 5) is 12.9. The van der Waals surface area contributed by atoms with Gasteiger partial charge in [-0.25, -0.2) is 0 Å². The first-order valence-corrected chi connectivity index (χ1v) is 15.0. The molecule has 0 saturated heterocycles. The van der Waals surface area contributed by atoms with Crippen molar-refractivity contribution in [3.05, 3.63) is 53.6 Å². The van der Waals surface area contributed by atoms with Crippen molar-refractivity contribution in [2.45, 2.75) is 61.7 Å². The van der Waals surface area contributed by atoms with E-state index in [0.29, 0.717) is 24.3 Å². The minimum Gasteiger partial charge on any atom is -0.508 e. The number of aliphatic hydroxyl groups excluding tert-OH is 2. The number of aryl methyl sites for hydroxylation is 1. The van der Waals surface area contributed by atoms with Gasteiger partial charge in [0.05, 0.1) is 19.3 Å². The van der Waals surface area contributed by atoms with Crippen LogP contribution >= 0.6 is 21.6 Å². The first-order valence-electron chi connectivity index (χ1n) is 12.7. The van der Waals surface area contributed by atoms with E-state index in [-0.39, 0.29) is 41.3 Å². The minimum absolute atomic E-state index is 0.0156. The summed E-state index contributed by atoms with van der Waals surface area (Å²) in [5.74, 6) is 1.04. The Balaban J connectivity index is 1.66. The number of aliphatic hydroxyl groups is 2. The first-order chi connectivity index (χ1) is 17.9. The quantitative estimate of drug-likeness (QED) is 0.295. The summed E-state index contributed by atoms with van der Waals surface area (Å²) in [6.45, 7) is 0. The number of methoxy groups -OCH3 is 1. The van der Waals surface area contributed by atoms with Crippen molar-refractivity contribution in [3.63, 3.8) is 0 Å². The molecule has 1 saturated carbocycles. The topological polar surface area (TPSA) is 107 Å². The number of Topliss-reactive ketones (excluding diaryl/α,β-unsaturated/α-hetero) is 1. The summed E-state index contributed by atoms with van der Waals surface area (Å²) in [5, 5.41) is 44.5. The third kappa shape index (κ3) is 5.43. The number of ketones is 1. The van der Waals surface area contributed by atoms with Crippen molar-refractivity contribution in [1.29, 1.82) is 0 Å². The highest BCUT2D eigenvalue weighted by atomic mass is 33.1. The third-order valence-electron chi connectivity index (χ3n) is 7.66. The van der Waals surface area contributed by atoms with Gasteiger partial charge in [-0.2, -0.15) is 0 Å². The number of fused-ring (bicyclic) bond motifs is 9. The fraction of sp³-hybridized carbons (Fsp3) is 0.414. The molecule has 1 fully saturated rings. The zero-order chi connectivity index (χ0) is 26.1. The van der Waals surface area contributed by atoms with Crippen LogP contribution in [0, 0.1) is 5.92 Å². The molecule has 2 bridgehead atoms. The maximum Gasteiger partial charge on any atom is 0.168 e. The predicted octanol–water partition coefficient (Wildman–Crippen LogP) is 5.60. The van der Waals surface area contributed by atoms with Crippen LogP contribution in [0.15, 0.2) is 42.5 Å². The second-order valence-electron chi connectivity index (χ2n) is 10.00. The molecule has 0 aromatic heterocycles. The normalized spacial score (nSPS) is 25.0. The van der Waals surface area contributed by atoms with E-state index in [1.165, 1.54) is 7.11 Å². The Hall–Kier alpha value is -2.39. The molecule has 2 aliphatic heterocycles. The largest absolute Gasteiger partial charge is 0.508 e. The van der Waals surface area contributed by atoms with E-state index in [9.17, 15) is 25.2 Å². The molecule has 2 heterocycles. The molecular weight excluding hydrogens is 508 g/mol. The van der Waals surface area contributed by atoms with Crippen LogP contribution in [0.1, 0.15) is 43.2 Å². The van der Waals surface area contributed by atoms with Crippen molar-refractivity contribution >= 4 is 38.1 Å². The molecule has 6 rings (SSSR count). The molecule has 4 atom stereocenters. The van der Waals surface area contributed by atoms with E-state index < -0.39 is 12.2 Å². The van der Waals surface area contributed by atoms with Crippen LogP contribution < -0.4 is 4.74 Å². The van der Waals surface area contributed by atoms with Crippen LogP contribution in [0.5, 0.6) is 17.2 Å². The molecule has 3 aromatic rings. The molecule has 8 heteroatoms. The number of benzene rings is 3. The molecule has 1 aliphatic carbocycles. The Labute approximate surface area is 224 Å². The molecule has 0 radical (unpaired) electrons. The van der Waals surface area contributed by atoms with E-state index in [4.69, 9.17) is 4.74 Å². The average molecular weight is 541 g/mol. The lowest BCUT2D eigenvalue weighted by Gasteiger charge is -2.34. The number of ether oxygens (including phenoxy) is 1. The van der Waals surface area contributed by atoms with Gasteiger partial charge in [0.2, 0.25) is 0 Å². The number of phenols is 2. The van der Waals surface area contributed by atoms with E-state index in [0.717, 1.165) is 45.9 Å². The predicted molar refractivity (Wildman–Crippen MR) is 149 cm³/mol. The van der Waals surface area contributed by atoms with Crippen LogP contribution in [-0.4, -0.2) is 50.8 Å². The van der Waals surface area contributed by atoms with Gasteiger partial charge in [0.15, 0.2) is 11.5 Å². The second kappa shape index (κ2) is 11.2. The average Bonchev–Trinajstić information content (AvgIpc) is 2.88. The van der Waals surface area contributed by atoms with Crippen LogP contribution in [0.4, 0.5) is 0 Å². The second-order valence-corrected chi connectivity index (χ2v) is 12.6. The van der Waals surface area contributed by atoms with Crippen molar-refractivity contribution in [3.8, 4) is 28.4 Å². The zero-order valence-electron chi connectivity index (χ0n) is 20.7. The van der Waals surface area contributed by atoms with Gasteiger partial charge in [0.1, 0.15) is 11.5 Å². The maximum absolute atomic E-state index is 12.9. The van der Waals surface area contributed by atoms with Crippen molar-refractivity contribution in [1.82, 2.24) is 0 Å². The highest BCUT2D eigenvalue weighted by Gasteiger charge is 2.34. The monoisotopic (exact) mass is 540 g/mol. The molecule has 0 spiro atoms. The third-order valence-corrected chi connectivity index (χ3v) is 10.5. The van der Waals surface area contributed by atoms with Gasteiger partial charge in [-0.3, -0.25) is 4.79 Å². The lowest BCUT2D eigenvalue weighted by Crippen LogP contribution is -2.37. The fourth-order valence-electron chi connectivity index (χ4n) is 5.65. The molecule has 196 valence electrons. The van der Waals surface area contributed by atoms with Gasteiger partial charge in [-0.1, -0.05) is 45.9 Å². The van der Waals surface area contributed by atoms with Crippen molar-refractivity contribution < 1.29 is 30.0 Å². The summed E-state index contributed by atoms with van der Waals surface area (Å²) in [7, 11) is 4.83. The van der Waals surface area contributed by atoms with Gasteiger partial charge in [0, 0.05) is 29.4 Å². The number of carbonyl (C=O) groups excluding carboxylic acids is 1. The van der Waals surface area contributed by atoms with Crippen LogP contribution in [0.2, 0.25) is 0 Å². The zero-order valence-corrected chi connectivity index (χ0v) is 22.4. The number of aromatic hydroxyl groups is 2. The van der Waals surface area contributed by atoms with Crippen molar-refractivity contribution in [2.75, 3.05) is 7.11 Å². The Kier molecular flexibility index (Phi) is 7.91. The van der Waals surface area contributed by atoms with Crippen molar-refractivity contribution in [2.24, 2.45) is 5.92 Å². The molecule has 4 N–H and O–H groups in total. The number of rotatable bonds is 1. The molecule has 6 nitrogen and oxygen atoms in total. The van der Waals surface area contributed by atoms with Gasteiger partial charge in [-0.05, 0) is 77.3 Å². The van der Waals surface area contributed by atoms with E-state index in [1.54, 1.807) is 39.8 Å². The van der Waals surface area contributed by atoms with E-state index in [1.807, 2.05) is 24.3 Å². The van der Waals surface area contributed by atoms with Gasteiger partial charge < -0.3 is 25.2 Å². The Bertz CT molecular complexity index is 1310. The SMILES string of the molecule is COc1c(O)ccc2c1-c1ccc3ccc(O)cc3c1CSS[C@@H]1CC[C@H](C[C@H]1O)[C@@H](O)CC(=O)CC2. The number of carbonyl (C=O) groups is 1. The molecule has 0 amide bonds. The van der Waals surface area contributed by atoms with Gasteiger partial charge in [0.25, 0.3) is 0 Å². The molecule has 3 aliphatic rings. The van der Waals surface area contributed by atoms with E-state index in [2.05, 4.69) is 0 Å². The number of hydrogen-bond donors (Lipinski definition) is 4. The summed E-state index contributed by atoms with van der Waals surface area (Å²) >= 11 is 0. The van der Waals surface area contributed by atoms with Gasteiger partial charge in [-0.15, -0.1) is 0 Å². The Morgan fingerprint density at radius 1 is 0.973 bits per heavy atom. The van der Waals surface area contributed by atoms with E-state index >= 15 is 0 Å². The summed E-state index contributed by atoms with van der Waals surface area (Å²) < 4.78 is 5.67. The van der Waals surface area contributed by atoms with Crippen LogP contribution in [0.25, 0.3) is 21.9 Å². The first kappa shape index (κ1) is 26.2. The molecule has 37 heavy (non-hydrogen) atoms. The Morgan fingerprint density at radius 3 is 2.57 bits per heavy atom. The summed E-state index contributed by atoms with van der Waals surface area (Å²) in [5.41, 5.74) is 3.47. The summed E-state index contributed by atoms with van der Waals surface area (Å²) in [6.07, 6.45) is 1.55. The fourth-order valence-corrected chi connectivity index (χ4v) is 8.55. The standard InChI is InChI=1S/C29H32O6S2/c1-35-29-24(32)10-5-17-3-8-20(31)14-25(33)18-6-11-27(26(34)12-18)37-36-15-23-21(28(17)29)9-4-16-2-7-19(30)13-22(16)23/h2,4-5,7,9-10,13,18,25-27,30,32-34H,3,6,8,11-12,14-15H2,1H3/t18-,25+,26-,27-/m1/s1. The smallest absolute Gasteiger partial charge is 0.168 e. The van der Waals surface area contributed by atoms with Crippen LogP contribution in [-0.2, 0) is 17.0 Å². The maximum atomic E-state index is 12.9. The van der Waals surface area contributed by atoms with Gasteiger partial charge >= 0.3 is 0 Å². The number of phenolic OH excluding ortho intramolecular Hbond substituents is 2. The highest BCUT2D eigenvalue weighted by Crippen LogP contribution is 2.47. The number of hydrogen-bond acceptors (Lipinski definition) is 8. The Morgan fingerprint density at radius 2 is 1.78 bits per heavy atom. The molecular formula is C29H32O6S2. The minimum atomic E-state index is -0.748. The van der Waals surface area contributed by atoms with Crippen LogP contribution in [0.3, 0.4) is 0 Å². The lowest BCUT2D eigenvalue weighted by atomic mass is 9.81. The molecule has 3 aromatic carbocycles. The highest BCUT2D eigenvalue weighted by molar-refractivity contribution is 8.76. The summed E-state index contributed by atoms with van der Waals surface area (Å²) in [6, 6.07) is 12.7. The molecule has 0 unspecified atom stereocenters.